The molecule has 1 aliphatic rings. The lowest BCUT2D eigenvalue weighted by Gasteiger charge is -2.13. The highest BCUT2D eigenvalue weighted by Crippen LogP contribution is 2.25. The largest absolute Gasteiger partial charge is 0.481 e. The summed E-state index contributed by atoms with van der Waals surface area (Å²) >= 11 is 3.28. The Morgan fingerprint density at radius 2 is 2.03 bits per heavy atom. The van der Waals surface area contributed by atoms with Gasteiger partial charge in [-0.1, -0.05) is 46.3 Å². The van der Waals surface area contributed by atoms with Crippen molar-refractivity contribution >= 4 is 27.8 Å². The second-order valence-electron chi connectivity index (χ2n) is 7.80. The number of carboxylic acid groups (broad SMARTS) is 1. The lowest BCUT2D eigenvalue weighted by atomic mass is 10.0. The van der Waals surface area contributed by atoms with Gasteiger partial charge in [-0.3, -0.25) is 9.59 Å². The van der Waals surface area contributed by atoms with E-state index in [1.165, 1.54) is 0 Å². The van der Waals surface area contributed by atoms with E-state index in [0.29, 0.717) is 30.2 Å². The van der Waals surface area contributed by atoms with Gasteiger partial charge in [-0.15, -0.1) is 6.58 Å². The fourth-order valence-corrected chi connectivity index (χ4v) is 3.98. The number of carbonyl (C=O) groups is 2. The topological polar surface area (TPSA) is 87.7 Å². The summed E-state index contributed by atoms with van der Waals surface area (Å²) in [4.78, 5) is 25.2. The molecule has 2 atom stereocenters. The van der Waals surface area contributed by atoms with Gasteiger partial charge in [0.05, 0.1) is 11.7 Å². The molecule has 2 aromatic rings. The van der Waals surface area contributed by atoms with Gasteiger partial charge in [0.25, 0.3) is 5.91 Å². The molecule has 0 spiro atoms. The molecule has 0 fully saturated rings. The van der Waals surface area contributed by atoms with Gasteiger partial charge in [0.1, 0.15) is 11.5 Å². The summed E-state index contributed by atoms with van der Waals surface area (Å²) in [5.41, 5.74) is 3.41. The van der Waals surface area contributed by atoms with E-state index in [0.717, 1.165) is 16.7 Å². The molecule has 2 aromatic carbocycles. The first-order valence-electron chi connectivity index (χ1n) is 10.6. The van der Waals surface area contributed by atoms with Gasteiger partial charge in [0, 0.05) is 18.9 Å². The summed E-state index contributed by atoms with van der Waals surface area (Å²) in [7, 11) is 0. The zero-order valence-electron chi connectivity index (χ0n) is 18.4. The Kier molecular flexibility index (Phi) is 8.49. The van der Waals surface area contributed by atoms with Crippen molar-refractivity contribution < 1.29 is 19.4 Å². The summed E-state index contributed by atoms with van der Waals surface area (Å²) in [5, 5.41) is 15.0. The normalized spacial score (nSPS) is 17.3. The maximum atomic E-state index is 12.6. The number of nitrogens with one attached hydrogen (secondary N) is 2. The molecule has 2 unspecified atom stereocenters. The molecule has 1 heterocycles. The van der Waals surface area contributed by atoms with Crippen LogP contribution >= 0.6 is 15.9 Å². The highest BCUT2D eigenvalue weighted by Gasteiger charge is 2.25. The van der Waals surface area contributed by atoms with Crippen LogP contribution in [0.2, 0.25) is 0 Å². The van der Waals surface area contributed by atoms with Crippen molar-refractivity contribution in [2.75, 3.05) is 0 Å². The van der Waals surface area contributed by atoms with Crippen LogP contribution in [0.3, 0.4) is 0 Å². The predicted octanol–water partition coefficient (Wildman–Crippen LogP) is 4.99. The molecular formula is C26H27BrN2O4. The number of aliphatic carboxylic acids is 1. The Hall–Kier alpha value is -3.32. The van der Waals surface area contributed by atoms with Crippen LogP contribution in [0.4, 0.5) is 0 Å². The number of benzene rings is 2. The molecule has 0 bridgehead atoms. The number of amides is 1. The monoisotopic (exact) mass is 510 g/mol. The van der Waals surface area contributed by atoms with E-state index < -0.39 is 5.97 Å². The minimum Gasteiger partial charge on any atom is -0.481 e. The van der Waals surface area contributed by atoms with Crippen LogP contribution in [0.25, 0.3) is 0 Å². The third-order valence-corrected chi connectivity index (χ3v) is 5.70. The van der Waals surface area contributed by atoms with Crippen LogP contribution in [0, 0.1) is 12.8 Å². The molecule has 7 heteroatoms. The zero-order chi connectivity index (χ0) is 23.8. The van der Waals surface area contributed by atoms with Crippen molar-refractivity contribution in [3.63, 3.8) is 0 Å². The number of halogens is 1. The maximum Gasteiger partial charge on any atom is 0.303 e. The highest BCUT2D eigenvalue weighted by molar-refractivity contribution is 9.11. The van der Waals surface area contributed by atoms with E-state index >= 15 is 0 Å². The standard InChI is InChI=1S/C26H27BrN2O4/c1-3-23-20(11-12-27)15-24(29-23)26(32)28-16-18-5-4-6-21(14-18)33-22-9-7-19(17(2)13-22)8-10-25(30)31/h3-7,9,11-15,20,23,29H,1,8,10,16H2,2H3,(H,28,32)(H,30,31)/b12-11+. The minimum absolute atomic E-state index is 0.0183. The first kappa shape index (κ1) is 24.3. The number of rotatable bonds is 10. The average molecular weight is 511 g/mol. The van der Waals surface area contributed by atoms with Gasteiger partial charge < -0.3 is 20.5 Å². The van der Waals surface area contributed by atoms with Crippen LogP contribution in [-0.4, -0.2) is 23.0 Å². The molecule has 33 heavy (non-hydrogen) atoms. The molecule has 0 saturated heterocycles. The van der Waals surface area contributed by atoms with Crippen LogP contribution < -0.4 is 15.4 Å². The third-order valence-electron chi connectivity index (χ3n) is 5.40. The molecule has 3 rings (SSSR count). The van der Waals surface area contributed by atoms with Crippen LogP contribution in [-0.2, 0) is 22.6 Å². The molecule has 0 radical (unpaired) electrons. The first-order chi connectivity index (χ1) is 15.9. The number of hydrogen-bond acceptors (Lipinski definition) is 4. The first-order valence-corrected chi connectivity index (χ1v) is 11.5. The van der Waals surface area contributed by atoms with Crippen molar-refractivity contribution in [3.05, 3.63) is 94.6 Å². The van der Waals surface area contributed by atoms with E-state index in [2.05, 4.69) is 33.1 Å². The van der Waals surface area contributed by atoms with E-state index in [1.807, 2.05) is 61.5 Å². The molecule has 0 aliphatic carbocycles. The quantitative estimate of drug-likeness (QED) is 0.392. The van der Waals surface area contributed by atoms with E-state index in [9.17, 15) is 9.59 Å². The molecule has 3 N–H and O–H groups in total. The Bertz CT molecular complexity index is 1090. The van der Waals surface area contributed by atoms with Crippen molar-refractivity contribution in [1.82, 2.24) is 10.6 Å². The fraction of sp³-hybridized carbons (Fsp3) is 0.231. The van der Waals surface area contributed by atoms with Crippen LogP contribution in [0.5, 0.6) is 11.5 Å². The second kappa shape index (κ2) is 11.5. The lowest BCUT2D eigenvalue weighted by Crippen LogP contribution is -2.33. The third kappa shape index (κ3) is 6.83. The Morgan fingerprint density at radius 3 is 2.73 bits per heavy atom. The van der Waals surface area contributed by atoms with Crippen molar-refractivity contribution in [3.8, 4) is 11.5 Å². The lowest BCUT2D eigenvalue weighted by molar-refractivity contribution is -0.137. The molecule has 0 aromatic heterocycles. The molecular weight excluding hydrogens is 484 g/mol. The molecule has 1 aliphatic heterocycles. The van der Waals surface area contributed by atoms with Crippen LogP contribution in [0.1, 0.15) is 23.1 Å². The summed E-state index contributed by atoms with van der Waals surface area (Å²) in [6.45, 7) is 6.12. The van der Waals surface area contributed by atoms with Gasteiger partial charge in [-0.05, 0) is 65.4 Å². The smallest absolute Gasteiger partial charge is 0.303 e. The van der Waals surface area contributed by atoms with Gasteiger partial charge in [0.2, 0.25) is 0 Å². The zero-order valence-corrected chi connectivity index (χ0v) is 20.0. The Labute approximate surface area is 202 Å². The molecule has 1 amide bonds. The Morgan fingerprint density at radius 1 is 1.24 bits per heavy atom. The summed E-state index contributed by atoms with van der Waals surface area (Å²) in [6, 6.07) is 13.2. The van der Waals surface area contributed by atoms with Crippen LogP contribution in [0.15, 0.2) is 78.0 Å². The SMILES string of the molecule is C=CC1NC(C(=O)NCc2cccc(Oc3ccc(CCC(=O)O)c(C)c3)c2)=CC1/C=C/Br. The van der Waals surface area contributed by atoms with Crippen molar-refractivity contribution in [2.45, 2.75) is 32.4 Å². The second-order valence-corrected chi connectivity index (χ2v) is 8.32. The van der Waals surface area contributed by atoms with Gasteiger partial charge in [0.15, 0.2) is 0 Å². The number of carbonyl (C=O) groups excluding carboxylic acids is 1. The summed E-state index contributed by atoms with van der Waals surface area (Å²) in [5.74, 6) is 0.417. The number of hydrogen-bond donors (Lipinski definition) is 3. The number of carboxylic acids is 1. The van der Waals surface area contributed by atoms with Gasteiger partial charge in [-0.2, -0.15) is 0 Å². The minimum atomic E-state index is -0.810. The summed E-state index contributed by atoms with van der Waals surface area (Å²) in [6.07, 6.45) is 6.23. The molecule has 172 valence electrons. The molecule has 6 nitrogen and oxygen atoms in total. The number of ether oxygens (including phenoxy) is 1. The predicted molar refractivity (Wildman–Crippen MR) is 132 cm³/mol. The van der Waals surface area contributed by atoms with E-state index in [1.54, 1.807) is 11.1 Å². The highest BCUT2D eigenvalue weighted by atomic mass is 79.9. The van der Waals surface area contributed by atoms with Gasteiger partial charge >= 0.3 is 5.97 Å². The Balaban J connectivity index is 1.59. The van der Waals surface area contributed by atoms with Crippen molar-refractivity contribution in [1.29, 1.82) is 0 Å². The summed E-state index contributed by atoms with van der Waals surface area (Å²) < 4.78 is 5.98. The van der Waals surface area contributed by atoms with E-state index in [4.69, 9.17) is 9.84 Å². The fourth-order valence-electron chi connectivity index (χ4n) is 3.62. The van der Waals surface area contributed by atoms with Gasteiger partial charge in [-0.25, -0.2) is 0 Å². The number of aryl methyl sites for hydroxylation is 2. The maximum absolute atomic E-state index is 12.6. The molecule has 0 saturated carbocycles. The van der Waals surface area contributed by atoms with Crippen molar-refractivity contribution in [2.24, 2.45) is 5.92 Å². The van der Waals surface area contributed by atoms with E-state index in [-0.39, 0.29) is 24.3 Å². The average Bonchev–Trinajstić information content (AvgIpc) is 3.20.